The van der Waals surface area contributed by atoms with Gasteiger partial charge in [0.15, 0.2) is 0 Å². The third-order valence-electron chi connectivity index (χ3n) is 8.78. The van der Waals surface area contributed by atoms with Crippen molar-refractivity contribution in [3.8, 4) is 0 Å². The Hall–Kier alpha value is -4.62. The lowest BCUT2D eigenvalue weighted by Crippen LogP contribution is -2.04. The van der Waals surface area contributed by atoms with Crippen LogP contribution >= 0.6 is 0 Å². The van der Waals surface area contributed by atoms with Gasteiger partial charge in [-0.15, -0.1) is 0 Å². The summed E-state index contributed by atoms with van der Waals surface area (Å²) in [5, 5.41) is 10.6. The van der Waals surface area contributed by atoms with E-state index in [0.717, 1.165) is 12.8 Å². The summed E-state index contributed by atoms with van der Waals surface area (Å²) in [5.41, 5.74) is 9.49. The molecule has 39 heavy (non-hydrogen) atoms. The molecule has 0 aliphatic heterocycles. The van der Waals surface area contributed by atoms with Crippen LogP contribution in [0, 0.1) is 6.92 Å². The van der Waals surface area contributed by atoms with E-state index in [2.05, 4.69) is 134 Å². The molecular weight excluding hydrogens is 470 g/mol. The molecule has 0 radical (unpaired) electrons. The number of aryl methyl sites for hydroxylation is 1. The van der Waals surface area contributed by atoms with Gasteiger partial charge < -0.3 is 4.57 Å². The Balaban J connectivity index is 1.59. The smallest absolute Gasteiger partial charge is 0.0622 e. The quantitative estimate of drug-likeness (QED) is 0.208. The predicted molar refractivity (Wildman–Crippen MR) is 169 cm³/mol. The third-order valence-corrected chi connectivity index (χ3v) is 8.78. The first kappa shape index (κ1) is 22.4. The Morgan fingerprint density at radius 3 is 1.97 bits per heavy atom. The molecule has 1 aliphatic carbocycles. The maximum absolute atomic E-state index is 2.59. The van der Waals surface area contributed by atoms with E-state index in [4.69, 9.17) is 0 Å². The fraction of sp³-hybridized carbons (Fsp3) is 0.105. The van der Waals surface area contributed by atoms with Crippen LogP contribution in [-0.4, -0.2) is 4.57 Å². The van der Waals surface area contributed by atoms with Gasteiger partial charge in [-0.05, 0) is 82.5 Å². The number of nitrogens with zero attached hydrogens (tertiary/aromatic N) is 1. The molecule has 0 saturated heterocycles. The first-order valence-corrected chi connectivity index (χ1v) is 13.9. The van der Waals surface area contributed by atoms with Gasteiger partial charge in [0.1, 0.15) is 0 Å². The lowest BCUT2D eigenvalue weighted by molar-refractivity contribution is 0.933. The second-order valence-corrected chi connectivity index (χ2v) is 11.0. The molecule has 186 valence electrons. The molecule has 0 N–H and O–H groups in total. The van der Waals surface area contributed by atoms with Gasteiger partial charge in [-0.1, -0.05) is 109 Å². The first-order valence-electron chi connectivity index (χ1n) is 13.9. The van der Waals surface area contributed by atoms with E-state index < -0.39 is 0 Å². The number of benzene rings is 6. The molecule has 1 aromatic heterocycles. The Morgan fingerprint density at radius 1 is 0.538 bits per heavy atom. The van der Waals surface area contributed by atoms with Crippen molar-refractivity contribution in [1.82, 2.24) is 4.57 Å². The molecule has 0 saturated carbocycles. The van der Waals surface area contributed by atoms with Crippen LogP contribution in [-0.2, 0) is 0 Å². The molecule has 0 unspecified atom stereocenters. The molecule has 1 heterocycles. The summed E-state index contributed by atoms with van der Waals surface area (Å²) in [6, 6.07) is 40.2. The summed E-state index contributed by atoms with van der Waals surface area (Å²) >= 11 is 0. The molecule has 0 spiro atoms. The molecule has 1 heteroatoms. The highest BCUT2D eigenvalue weighted by Crippen LogP contribution is 2.46. The zero-order valence-electron chi connectivity index (χ0n) is 22.3. The summed E-state index contributed by atoms with van der Waals surface area (Å²) in [6.07, 6.45) is 4.56. The molecule has 0 bridgehead atoms. The van der Waals surface area contributed by atoms with E-state index in [1.165, 1.54) is 82.1 Å². The zero-order chi connectivity index (χ0) is 26.1. The van der Waals surface area contributed by atoms with Gasteiger partial charge in [0.2, 0.25) is 0 Å². The third kappa shape index (κ3) is 3.20. The van der Waals surface area contributed by atoms with Crippen LogP contribution in [0.15, 0.2) is 121 Å². The first-order chi connectivity index (χ1) is 19.2. The van der Waals surface area contributed by atoms with Crippen molar-refractivity contribution in [2.75, 3.05) is 0 Å². The average Bonchev–Trinajstić information content (AvgIpc) is 3.34. The van der Waals surface area contributed by atoms with E-state index in [1.807, 2.05) is 0 Å². The standard InChI is InChI=1S/C38H29N/c1-24-11-3-5-13-28(24)34-23-27(21-19-25(34)2)39-35-22-20-26-12-4-6-14-29(26)36(35)37-32-17-9-7-15-30(32)31-16-8-10-18-33(31)38(37)39/h3-18,20,22-23H,19,21H2,1-2H3. The van der Waals surface area contributed by atoms with Crippen molar-refractivity contribution in [2.45, 2.75) is 26.7 Å². The second-order valence-electron chi connectivity index (χ2n) is 11.0. The van der Waals surface area contributed by atoms with Gasteiger partial charge in [0.05, 0.1) is 11.0 Å². The minimum Gasteiger partial charge on any atom is -0.312 e. The summed E-state index contributed by atoms with van der Waals surface area (Å²) in [5.74, 6) is 0. The summed E-state index contributed by atoms with van der Waals surface area (Å²) in [4.78, 5) is 0. The fourth-order valence-electron chi connectivity index (χ4n) is 6.91. The maximum Gasteiger partial charge on any atom is 0.0622 e. The number of hydrogen-bond acceptors (Lipinski definition) is 0. The van der Waals surface area contributed by atoms with E-state index in [-0.39, 0.29) is 0 Å². The molecular formula is C38H29N. The molecule has 1 aliphatic rings. The molecule has 8 rings (SSSR count). The van der Waals surface area contributed by atoms with Crippen LogP contribution in [0.3, 0.4) is 0 Å². The monoisotopic (exact) mass is 499 g/mol. The van der Waals surface area contributed by atoms with Gasteiger partial charge in [-0.3, -0.25) is 0 Å². The number of allylic oxidation sites excluding steroid dienone is 4. The fourth-order valence-corrected chi connectivity index (χ4v) is 6.91. The van der Waals surface area contributed by atoms with Crippen molar-refractivity contribution in [3.05, 3.63) is 132 Å². The molecule has 7 aromatic rings. The van der Waals surface area contributed by atoms with Gasteiger partial charge in [0, 0.05) is 21.9 Å². The van der Waals surface area contributed by atoms with Gasteiger partial charge >= 0.3 is 0 Å². The Bertz CT molecular complexity index is 2180. The Kier molecular flexibility index (Phi) is 4.84. The van der Waals surface area contributed by atoms with Crippen LogP contribution in [0.5, 0.6) is 0 Å². The van der Waals surface area contributed by atoms with E-state index in [0.29, 0.717) is 0 Å². The largest absolute Gasteiger partial charge is 0.312 e. The second kappa shape index (κ2) is 8.44. The van der Waals surface area contributed by atoms with Crippen molar-refractivity contribution in [3.63, 3.8) is 0 Å². The van der Waals surface area contributed by atoms with Crippen LogP contribution in [0.25, 0.3) is 65.4 Å². The minimum atomic E-state index is 1.02. The lowest BCUT2D eigenvalue weighted by Gasteiger charge is -2.22. The van der Waals surface area contributed by atoms with Crippen LogP contribution in [0.4, 0.5) is 0 Å². The summed E-state index contributed by atoms with van der Waals surface area (Å²) in [6.45, 7) is 4.53. The predicted octanol–water partition coefficient (Wildman–Crippen LogP) is 10.7. The Morgan fingerprint density at radius 2 is 1.18 bits per heavy atom. The normalized spacial score (nSPS) is 14.3. The number of rotatable bonds is 2. The average molecular weight is 500 g/mol. The molecule has 0 fully saturated rings. The van der Waals surface area contributed by atoms with Gasteiger partial charge in [0.25, 0.3) is 0 Å². The maximum atomic E-state index is 2.59. The number of aromatic nitrogens is 1. The SMILES string of the molecule is CC1=C(c2ccccc2C)C=C(n2c3ccc4ccccc4c3c3c4ccccc4c4ccccc4c32)CC1. The van der Waals surface area contributed by atoms with Crippen LogP contribution in [0.1, 0.15) is 30.9 Å². The molecule has 0 atom stereocenters. The van der Waals surface area contributed by atoms with Crippen LogP contribution < -0.4 is 0 Å². The van der Waals surface area contributed by atoms with E-state index in [9.17, 15) is 0 Å². The Labute approximate surface area is 228 Å². The highest BCUT2D eigenvalue weighted by molar-refractivity contribution is 6.36. The minimum absolute atomic E-state index is 1.02. The van der Waals surface area contributed by atoms with E-state index in [1.54, 1.807) is 0 Å². The van der Waals surface area contributed by atoms with Crippen molar-refractivity contribution >= 4 is 65.4 Å². The van der Waals surface area contributed by atoms with Crippen molar-refractivity contribution in [1.29, 1.82) is 0 Å². The highest BCUT2D eigenvalue weighted by Gasteiger charge is 2.23. The van der Waals surface area contributed by atoms with Crippen molar-refractivity contribution < 1.29 is 0 Å². The molecule has 0 amide bonds. The van der Waals surface area contributed by atoms with Crippen LogP contribution in [0.2, 0.25) is 0 Å². The molecule has 6 aromatic carbocycles. The number of hydrogen-bond donors (Lipinski definition) is 0. The van der Waals surface area contributed by atoms with Gasteiger partial charge in [-0.25, -0.2) is 0 Å². The van der Waals surface area contributed by atoms with E-state index >= 15 is 0 Å². The summed E-state index contributed by atoms with van der Waals surface area (Å²) < 4.78 is 2.59. The molecule has 1 nitrogen and oxygen atoms in total. The lowest BCUT2D eigenvalue weighted by atomic mass is 9.89. The van der Waals surface area contributed by atoms with Gasteiger partial charge in [-0.2, -0.15) is 0 Å². The number of fused-ring (bicyclic) bond motifs is 10. The summed E-state index contributed by atoms with van der Waals surface area (Å²) in [7, 11) is 0. The van der Waals surface area contributed by atoms with Crippen molar-refractivity contribution in [2.24, 2.45) is 0 Å². The highest BCUT2D eigenvalue weighted by atomic mass is 15.0. The topological polar surface area (TPSA) is 4.93 Å². The zero-order valence-corrected chi connectivity index (χ0v) is 22.3.